The zero-order valence-corrected chi connectivity index (χ0v) is 10.9. The average Bonchev–Trinajstić information content (AvgIpc) is 2.14. The standard InChI is InChI=1S/C6H8O2.C4H6O.C3H6O/c1-5(7)3-4-6(2)8;1-3-4(2)5;1-3(2)4/h5,7H,1-2H3;1,4-5H,2H3;1-2H3/t5-;4-;/m11./s1. The van der Waals surface area contributed by atoms with Crippen LogP contribution < -0.4 is 0 Å². The molecule has 4 heteroatoms. The van der Waals surface area contributed by atoms with Gasteiger partial charge >= 0.3 is 0 Å². The fraction of sp³-hybridized carbons (Fsp3) is 0.538. The second-order valence-electron chi connectivity index (χ2n) is 3.25. The topological polar surface area (TPSA) is 74.6 Å². The van der Waals surface area contributed by atoms with Gasteiger partial charge in [-0.15, -0.1) is 6.42 Å². The maximum atomic E-state index is 10.1. The minimum absolute atomic E-state index is 0.167. The van der Waals surface area contributed by atoms with E-state index >= 15 is 0 Å². The molecule has 0 unspecified atom stereocenters. The van der Waals surface area contributed by atoms with E-state index in [-0.39, 0.29) is 11.6 Å². The number of Topliss-reactive ketones (excluding diaryl/α,β-unsaturated/α-hetero) is 2. The number of carbonyl (C=O) groups excluding carboxylic acids is 2. The molecule has 0 saturated carbocycles. The molecule has 0 aliphatic carbocycles. The molecule has 0 aromatic heterocycles. The van der Waals surface area contributed by atoms with Crippen molar-refractivity contribution in [3.8, 4) is 24.2 Å². The van der Waals surface area contributed by atoms with Crippen LogP contribution in [0.2, 0.25) is 0 Å². The number of terminal acetylenes is 1. The Bertz CT molecular complexity index is 307. The van der Waals surface area contributed by atoms with E-state index in [1.807, 2.05) is 0 Å². The van der Waals surface area contributed by atoms with E-state index in [2.05, 4.69) is 24.2 Å². The van der Waals surface area contributed by atoms with E-state index in [1.54, 1.807) is 6.92 Å². The Morgan fingerprint density at radius 2 is 1.35 bits per heavy atom. The summed E-state index contributed by atoms with van der Waals surface area (Å²) in [6.45, 7) is 7.46. The van der Waals surface area contributed by atoms with Gasteiger partial charge in [0.1, 0.15) is 18.0 Å². The highest BCUT2D eigenvalue weighted by Crippen LogP contribution is 1.72. The lowest BCUT2D eigenvalue weighted by Gasteiger charge is -1.83. The van der Waals surface area contributed by atoms with Gasteiger partial charge in [-0.1, -0.05) is 11.8 Å². The Morgan fingerprint density at radius 1 is 1.06 bits per heavy atom. The lowest BCUT2D eigenvalue weighted by atomic mass is 10.4. The summed E-state index contributed by atoms with van der Waals surface area (Å²) in [6, 6.07) is 0. The summed E-state index contributed by atoms with van der Waals surface area (Å²) in [5, 5.41) is 16.6. The molecular formula is C13H20O4. The molecule has 2 atom stereocenters. The van der Waals surface area contributed by atoms with Crippen LogP contribution in [0.4, 0.5) is 0 Å². The van der Waals surface area contributed by atoms with Crippen LogP contribution in [0.25, 0.3) is 0 Å². The molecular weight excluding hydrogens is 220 g/mol. The average molecular weight is 240 g/mol. The molecule has 17 heavy (non-hydrogen) atoms. The van der Waals surface area contributed by atoms with Crippen LogP contribution >= 0.6 is 0 Å². The minimum Gasteiger partial charge on any atom is -0.381 e. The summed E-state index contributed by atoms with van der Waals surface area (Å²) in [4.78, 5) is 19.5. The predicted molar refractivity (Wildman–Crippen MR) is 67.0 cm³/mol. The smallest absolute Gasteiger partial charge is 0.202 e. The first-order chi connectivity index (χ1) is 7.63. The van der Waals surface area contributed by atoms with Gasteiger partial charge in [0.05, 0.1) is 0 Å². The maximum absolute atomic E-state index is 10.1. The van der Waals surface area contributed by atoms with E-state index in [4.69, 9.17) is 10.2 Å². The van der Waals surface area contributed by atoms with Crippen molar-refractivity contribution in [2.45, 2.75) is 46.8 Å². The molecule has 0 aliphatic heterocycles. The predicted octanol–water partition coefficient (Wildman–Crippen LogP) is 0.555. The largest absolute Gasteiger partial charge is 0.381 e. The Kier molecular flexibility index (Phi) is 17.6. The van der Waals surface area contributed by atoms with E-state index in [1.165, 1.54) is 27.7 Å². The molecule has 0 rings (SSSR count). The molecule has 0 saturated heterocycles. The molecule has 0 fully saturated rings. The van der Waals surface area contributed by atoms with Gasteiger partial charge in [-0.05, 0) is 33.6 Å². The second kappa shape index (κ2) is 14.4. The van der Waals surface area contributed by atoms with Crippen molar-refractivity contribution in [2.75, 3.05) is 0 Å². The van der Waals surface area contributed by atoms with Crippen molar-refractivity contribution in [1.29, 1.82) is 0 Å². The third kappa shape index (κ3) is 76.1. The number of rotatable bonds is 0. The van der Waals surface area contributed by atoms with Gasteiger partial charge in [-0.2, -0.15) is 0 Å². The van der Waals surface area contributed by atoms with Crippen LogP contribution in [0, 0.1) is 24.2 Å². The van der Waals surface area contributed by atoms with Crippen molar-refractivity contribution in [3.63, 3.8) is 0 Å². The van der Waals surface area contributed by atoms with Gasteiger partial charge in [-0.3, -0.25) is 4.79 Å². The quantitative estimate of drug-likeness (QED) is 0.479. The zero-order valence-electron chi connectivity index (χ0n) is 10.9. The Morgan fingerprint density at radius 3 is 1.41 bits per heavy atom. The Balaban J connectivity index is -0.000000188. The van der Waals surface area contributed by atoms with Gasteiger partial charge in [0.25, 0.3) is 0 Å². The molecule has 0 aliphatic rings. The molecule has 0 bridgehead atoms. The molecule has 4 nitrogen and oxygen atoms in total. The number of aliphatic hydroxyl groups excluding tert-OH is 2. The number of aliphatic hydroxyl groups is 2. The first kappa shape index (κ1) is 20.8. The van der Waals surface area contributed by atoms with Crippen LogP contribution in [-0.2, 0) is 9.59 Å². The SMILES string of the molecule is C#C[C@@H](C)O.CC(=O)C#C[C@@H](C)O.CC(C)=O. The highest BCUT2D eigenvalue weighted by Gasteiger charge is 1.83. The summed E-state index contributed by atoms with van der Waals surface area (Å²) < 4.78 is 0. The Labute approximate surface area is 103 Å². The van der Waals surface area contributed by atoms with Crippen molar-refractivity contribution in [3.05, 3.63) is 0 Å². The van der Waals surface area contributed by atoms with E-state index in [0.717, 1.165) is 0 Å². The zero-order chi connectivity index (χ0) is 14.4. The van der Waals surface area contributed by atoms with E-state index in [0.29, 0.717) is 0 Å². The normalized spacial score (nSPS) is 10.7. The summed E-state index contributed by atoms with van der Waals surface area (Å²) in [7, 11) is 0. The Hall–Kier alpha value is -1.62. The number of hydrogen-bond acceptors (Lipinski definition) is 4. The van der Waals surface area contributed by atoms with Gasteiger partial charge < -0.3 is 15.0 Å². The van der Waals surface area contributed by atoms with Crippen LogP contribution in [0.5, 0.6) is 0 Å². The first-order valence-corrected chi connectivity index (χ1v) is 4.95. The minimum atomic E-state index is -0.695. The van der Waals surface area contributed by atoms with Crippen molar-refractivity contribution in [1.82, 2.24) is 0 Å². The highest BCUT2D eigenvalue weighted by atomic mass is 16.3. The molecule has 96 valence electrons. The van der Waals surface area contributed by atoms with Gasteiger partial charge in [0.15, 0.2) is 0 Å². The summed E-state index contributed by atoms with van der Waals surface area (Å²) in [5.74, 6) is 6.54. The van der Waals surface area contributed by atoms with Crippen molar-refractivity contribution >= 4 is 11.6 Å². The van der Waals surface area contributed by atoms with Gasteiger partial charge in [0, 0.05) is 6.92 Å². The molecule has 0 heterocycles. The monoisotopic (exact) mass is 240 g/mol. The van der Waals surface area contributed by atoms with Crippen LogP contribution in [0.1, 0.15) is 34.6 Å². The lowest BCUT2D eigenvalue weighted by molar-refractivity contribution is -0.115. The molecule has 2 N–H and O–H groups in total. The van der Waals surface area contributed by atoms with Gasteiger partial charge in [-0.25, -0.2) is 0 Å². The van der Waals surface area contributed by atoms with Gasteiger partial charge in [0.2, 0.25) is 5.78 Å². The fourth-order valence-electron chi connectivity index (χ4n) is 0.206. The van der Waals surface area contributed by atoms with E-state index < -0.39 is 12.2 Å². The number of hydrogen-bond donors (Lipinski definition) is 2. The molecule has 0 aromatic rings. The van der Waals surface area contributed by atoms with Crippen LogP contribution in [-0.4, -0.2) is 34.0 Å². The molecule has 0 amide bonds. The van der Waals surface area contributed by atoms with Crippen molar-refractivity contribution < 1.29 is 19.8 Å². The third-order valence-electron chi connectivity index (χ3n) is 0.698. The van der Waals surface area contributed by atoms with Crippen LogP contribution in [0.3, 0.4) is 0 Å². The highest BCUT2D eigenvalue weighted by molar-refractivity contribution is 5.93. The first-order valence-electron chi connectivity index (χ1n) is 4.95. The molecule has 0 radical (unpaired) electrons. The molecule has 0 aromatic carbocycles. The van der Waals surface area contributed by atoms with E-state index in [9.17, 15) is 9.59 Å². The second-order valence-corrected chi connectivity index (χ2v) is 3.25. The summed E-state index contributed by atoms with van der Waals surface area (Å²) in [6.07, 6.45) is 3.39. The number of carbonyl (C=O) groups is 2. The summed E-state index contributed by atoms with van der Waals surface area (Å²) >= 11 is 0. The van der Waals surface area contributed by atoms with Crippen molar-refractivity contribution in [2.24, 2.45) is 0 Å². The van der Waals surface area contributed by atoms with Crippen LogP contribution in [0.15, 0.2) is 0 Å². The maximum Gasteiger partial charge on any atom is 0.202 e. The third-order valence-corrected chi connectivity index (χ3v) is 0.698. The summed E-state index contributed by atoms with van der Waals surface area (Å²) in [5.41, 5.74) is 0. The fourth-order valence-corrected chi connectivity index (χ4v) is 0.206. The molecule has 0 spiro atoms. The number of ketones is 2. The lowest BCUT2D eigenvalue weighted by Crippen LogP contribution is -1.94.